The summed E-state index contributed by atoms with van der Waals surface area (Å²) in [7, 11) is 1.85. The normalized spacial score (nSPS) is 10.8. The molecule has 0 radical (unpaired) electrons. The van der Waals surface area contributed by atoms with Gasteiger partial charge in [-0.15, -0.1) is 11.8 Å². The molecule has 0 aliphatic carbocycles. The van der Waals surface area contributed by atoms with Crippen LogP contribution < -0.4 is 5.32 Å². The van der Waals surface area contributed by atoms with Crippen molar-refractivity contribution in [1.82, 2.24) is 9.78 Å². The Hall–Kier alpha value is -2.05. The van der Waals surface area contributed by atoms with Gasteiger partial charge in [0.2, 0.25) is 5.91 Å². The number of thioether (sulfide) groups is 1. The molecule has 0 spiro atoms. The minimum Gasteiger partial charge on any atom is -0.310 e. The van der Waals surface area contributed by atoms with Gasteiger partial charge in [-0.05, 0) is 37.1 Å². The summed E-state index contributed by atoms with van der Waals surface area (Å²) in [5, 5.41) is 7.52. The van der Waals surface area contributed by atoms with Crippen LogP contribution in [-0.4, -0.2) is 21.4 Å². The summed E-state index contributed by atoms with van der Waals surface area (Å²) in [5.74, 6) is 1.93. The predicted octanol–water partition coefficient (Wildman–Crippen LogP) is 5.34. The number of anilines is 1. The van der Waals surface area contributed by atoms with E-state index in [1.807, 2.05) is 44.3 Å². The number of benzene rings is 2. The van der Waals surface area contributed by atoms with Crippen molar-refractivity contribution < 1.29 is 4.79 Å². The molecule has 0 atom stereocenters. The Balaban J connectivity index is 1.68. The molecule has 2 aromatic carbocycles. The molecule has 0 aliphatic rings. The Bertz CT molecular complexity index is 951. The molecular weight excluding hydrogens is 422 g/mol. The van der Waals surface area contributed by atoms with Crippen molar-refractivity contribution in [3.8, 4) is 11.1 Å². The lowest BCUT2D eigenvalue weighted by molar-refractivity contribution is -0.113. The van der Waals surface area contributed by atoms with Gasteiger partial charge >= 0.3 is 0 Å². The smallest absolute Gasteiger partial charge is 0.235 e. The standard InChI is InChI=1S/C21H22BrN3OS/c1-14-5-4-6-16(11-14)12-27-13-19(26)23-21-20(15(2)24-25(21)3)17-7-9-18(22)10-8-17/h4-11H,12-13H2,1-3H3,(H,23,26). The number of hydrogen-bond donors (Lipinski definition) is 1. The van der Waals surface area contributed by atoms with Crippen LogP contribution in [0.3, 0.4) is 0 Å². The van der Waals surface area contributed by atoms with Crippen LogP contribution in [0.15, 0.2) is 53.0 Å². The molecule has 1 N–H and O–H groups in total. The fourth-order valence-corrected chi connectivity index (χ4v) is 4.03. The molecule has 6 heteroatoms. The Morgan fingerprint density at radius 3 is 2.63 bits per heavy atom. The van der Waals surface area contributed by atoms with E-state index in [2.05, 4.69) is 51.5 Å². The van der Waals surface area contributed by atoms with Gasteiger partial charge in [0.15, 0.2) is 0 Å². The van der Waals surface area contributed by atoms with E-state index in [0.717, 1.165) is 32.9 Å². The molecule has 4 nitrogen and oxygen atoms in total. The zero-order chi connectivity index (χ0) is 19.4. The van der Waals surface area contributed by atoms with Crippen molar-refractivity contribution in [1.29, 1.82) is 0 Å². The second-order valence-corrected chi connectivity index (χ2v) is 8.37. The molecule has 0 aliphatic heterocycles. The first-order valence-electron chi connectivity index (χ1n) is 8.66. The fourth-order valence-electron chi connectivity index (χ4n) is 3.00. The second-order valence-electron chi connectivity index (χ2n) is 6.47. The number of aryl methyl sites for hydroxylation is 3. The number of amides is 1. The molecule has 1 aromatic heterocycles. The van der Waals surface area contributed by atoms with Gasteiger partial charge in [0.1, 0.15) is 5.82 Å². The molecule has 0 bridgehead atoms. The van der Waals surface area contributed by atoms with E-state index in [9.17, 15) is 4.79 Å². The van der Waals surface area contributed by atoms with Gasteiger partial charge < -0.3 is 5.32 Å². The first kappa shape index (κ1) is 19.7. The first-order chi connectivity index (χ1) is 12.9. The summed E-state index contributed by atoms with van der Waals surface area (Å²) in [6.07, 6.45) is 0. The highest BCUT2D eigenvalue weighted by atomic mass is 79.9. The van der Waals surface area contributed by atoms with E-state index in [-0.39, 0.29) is 5.91 Å². The first-order valence-corrected chi connectivity index (χ1v) is 10.6. The second kappa shape index (κ2) is 8.76. The monoisotopic (exact) mass is 443 g/mol. The lowest BCUT2D eigenvalue weighted by Crippen LogP contribution is -2.17. The molecule has 3 rings (SSSR count). The molecule has 0 unspecified atom stereocenters. The molecule has 3 aromatic rings. The minimum absolute atomic E-state index is 0.0194. The van der Waals surface area contributed by atoms with Crippen molar-refractivity contribution in [3.63, 3.8) is 0 Å². The third kappa shape index (κ3) is 5.02. The van der Waals surface area contributed by atoms with Crippen molar-refractivity contribution in [2.75, 3.05) is 11.1 Å². The lowest BCUT2D eigenvalue weighted by Gasteiger charge is -2.09. The summed E-state index contributed by atoms with van der Waals surface area (Å²) in [6.45, 7) is 4.04. The molecule has 0 saturated heterocycles. The molecule has 140 valence electrons. The third-order valence-electron chi connectivity index (χ3n) is 4.20. The highest BCUT2D eigenvalue weighted by Gasteiger charge is 2.17. The Morgan fingerprint density at radius 1 is 1.19 bits per heavy atom. The fraction of sp³-hybridized carbons (Fsp3) is 0.238. The molecular formula is C21H22BrN3OS. The van der Waals surface area contributed by atoms with E-state index < -0.39 is 0 Å². The zero-order valence-corrected chi connectivity index (χ0v) is 18.0. The van der Waals surface area contributed by atoms with Gasteiger partial charge in [-0.25, -0.2) is 0 Å². The van der Waals surface area contributed by atoms with E-state index in [0.29, 0.717) is 5.75 Å². The quantitative estimate of drug-likeness (QED) is 0.559. The van der Waals surface area contributed by atoms with Gasteiger partial charge in [0, 0.05) is 22.8 Å². The van der Waals surface area contributed by atoms with E-state index in [1.165, 1.54) is 11.1 Å². The van der Waals surface area contributed by atoms with Crippen molar-refractivity contribution in [2.45, 2.75) is 19.6 Å². The topological polar surface area (TPSA) is 46.9 Å². The van der Waals surface area contributed by atoms with Gasteiger partial charge in [0.25, 0.3) is 0 Å². The Kier molecular flexibility index (Phi) is 6.39. The van der Waals surface area contributed by atoms with Crippen molar-refractivity contribution in [3.05, 3.63) is 69.8 Å². The number of halogens is 1. The lowest BCUT2D eigenvalue weighted by atomic mass is 10.1. The van der Waals surface area contributed by atoms with Crippen LogP contribution in [0.25, 0.3) is 11.1 Å². The highest BCUT2D eigenvalue weighted by molar-refractivity contribution is 9.10. The van der Waals surface area contributed by atoms with Gasteiger partial charge in [-0.2, -0.15) is 5.10 Å². The average molecular weight is 444 g/mol. The van der Waals surface area contributed by atoms with E-state index in [4.69, 9.17) is 0 Å². The minimum atomic E-state index is -0.0194. The summed E-state index contributed by atoms with van der Waals surface area (Å²) >= 11 is 5.07. The predicted molar refractivity (Wildman–Crippen MR) is 117 cm³/mol. The van der Waals surface area contributed by atoms with E-state index in [1.54, 1.807) is 16.4 Å². The van der Waals surface area contributed by atoms with Crippen LogP contribution in [0.4, 0.5) is 5.82 Å². The van der Waals surface area contributed by atoms with Crippen LogP contribution in [0, 0.1) is 13.8 Å². The third-order valence-corrected chi connectivity index (χ3v) is 5.73. The number of carbonyl (C=O) groups excluding carboxylic acids is 1. The largest absolute Gasteiger partial charge is 0.310 e. The summed E-state index contributed by atoms with van der Waals surface area (Å²) in [4.78, 5) is 12.5. The molecule has 0 fully saturated rings. The number of nitrogens with one attached hydrogen (secondary N) is 1. The summed E-state index contributed by atoms with van der Waals surface area (Å²) in [5.41, 5.74) is 5.36. The van der Waals surface area contributed by atoms with Crippen LogP contribution in [0.2, 0.25) is 0 Å². The highest BCUT2D eigenvalue weighted by Crippen LogP contribution is 2.32. The Morgan fingerprint density at radius 2 is 1.93 bits per heavy atom. The number of rotatable bonds is 6. The van der Waals surface area contributed by atoms with E-state index >= 15 is 0 Å². The van der Waals surface area contributed by atoms with Gasteiger partial charge in [-0.1, -0.05) is 57.9 Å². The van der Waals surface area contributed by atoms with Crippen LogP contribution in [0.1, 0.15) is 16.8 Å². The number of aromatic nitrogens is 2. The van der Waals surface area contributed by atoms with Gasteiger partial charge in [-0.3, -0.25) is 9.48 Å². The number of hydrogen-bond acceptors (Lipinski definition) is 3. The summed E-state index contributed by atoms with van der Waals surface area (Å²) in [6, 6.07) is 16.4. The van der Waals surface area contributed by atoms with Crippen molar-refractivity contribution in [2.24, 2.45) is 7.05 Å². The Labute approximate surface area is 172 Å². The SMILES string of the molecule is Cc1cccc(CSCC(=O)Nc2c(-c3ccc(Br)cc3)c(C)nn2C)c1. The maximum atomic E-state index is 12.5. The average Bonchev–Trinajstić information content (AvgIpc) is 2.89. The van der Waals surface area contributed by atoms with Crippen LogP contribution >= 0.6 is 27.7 Å². The maximum Gasteiger partial charge on any atom is 0.235 e. The maximum absolute atomic E-state index is 12.5. The van der Waals surface area contributed by atoms with Crippen molar-refractivity contribution >= 4 is 39.4 Å². The van der Waals surface area contributed by atoms with Crippen LogP contribution in [0.5, 0.6) is 0 Å². The number of nitrogens with zero attached hydrogens (tertiary/aromatic N) is 2. The van der Waals surface area contributed by atoms with Gasteiger partial charge in [0.05, 0.1) is 11.4 Å². The zero-order valence-electron chi connectivity index (χ0n) is 15.6. The number of carbonyl (C=O) groups is 1. The summed E-state index contributed by atoms with van der Waals surface area (Å²) < 4.78 is 2.75. The molecule has 27 heavy (non-hydrogen) atoms. The van der Waals surface area contributed by atoms with Crippen LogP contribution in [-0.2, 0) is 17.6 Å². The molecule has 1 heterocycles. The molecule has 0 saturated carbocycles. The molecule has 1 amide bonds.